The number of nitrogens with zero attached hydrogens (tertiary/aromatic N) is 1. The van der Waals surface area contributed by atoms with Crippen molar-refractivity contribution in [1.82, 2.24) is 10.4 Å². The molecule has 0 aromatic carbocycles. The van der Waals surface area contributed by atoms with Gasteiger partial charge in [-0.15, -0.1) is 11.3 Å². The molecule has 1 atom stereocenters. The lowest BCUT2D eigenvalue weighted by Gasteiger charge is -2.09. The average molecular weight is 171 g/mol. The van der Waals surface area contributed by atoms with Gasteiger partial charge in [0.25, 0.3) is 0 Å². The minimum Gasteiger partial charge on any atom is -0.271 e. The molecule has 0 spiro atoms. The molecule has 3 N–H and O–H groups in total. The molecule has 3 nitrogen and oxygen atoms in total. The smallest absolute Gasteiger partial charge is 0.0897 e. The summed E-state index contributed by atoms with van der Waals surface area (Å²) >= 11 is 1.69. The van der Waals surface area contributed by atoms with E-state index in [9.17, 15) is 0 Å². The van der Waals surface area contributed by atoms with Crippen molar-refractivity contribution in [3.63, 3.8) is 0 Å². The molecule has 1 aromatic rings. The molecule has 0 saturated heterocycles. The van der Waals surface area contributed by atoms with Crippen LogP contribution < -0.4 is 11.3 Å². The predicted molar refractivity (Wildman–Crippen MR) is 47.2 cm³/mol. The molecule has 1 aromatic heterocycles. The first-order valence-corrected chi connectivity index (χ1v) is 4.48. The van der Waals surface area contributed by atoms with Gasteiger partial charge < -0.3 is 0 Å². The quantitative estimate of drug-likeness (QED) is 0.533. The first kappa shape index (κ1) is 8.64. The Balaban J connectivity index is 2.73. The summed E-state index contributed by atoms with van der Waals surface area (Å²) in [6, 6.07) is 0.265. The molecule has 0 aliphatic rings. The zero-order chi connectivity index (χ0) is 8.27. The molecule has 1 unspecified atom stereocenters. The van der Waals surface area contributed by atoms with Crippen LogP contribution in [0.2, 0.25) is 0 Å². The van der Waals surface area contributed by atoms with Crippen LogP contribution in [0, 0.1) is 6.92 Å². The van der Waals surface area contributed by atoms with Crippen LogP contribution in [0.3, 0.4) is 0 Å². The molecule has 1 heterocycles. The third-order valence-electron chi connectivity index (χ3n) is 1.59. The van der Waals surface area contributed by atoms with E-state index < -0.39 is 0 Å². The maximum Gasteiger partial charge on any atom is 0.0897 e. The standard InChI is InChI=1S/C7H13N3S/c1-3-6(10-8)7-4-9-5(2)11-7/h4,6,10H,3,8H2,1-2H3. The number of aromatic nitrogens is 1. The number of aryl methyl sites for hydroxylation is 1. The van der Waals surface area contributed by atoms with E-state index in [1.54, 1.807) is 11.3 Å². The van der Waals surface area contributed by atoms with Gasteiger partial charge in [-0.3, -0.25) is 11.3 Å². The second-order valence-corrected chi connectivity index (χ2v) is 3.68. The van der Waals surface area contributed by atoms with E-state index in [0.717, 1.165) is 11.4 Å². The maximum absolute atomic E-state index is 5.35. The summed E-state index contributed by atoms with van der Waals surface area (Å²) in [5.74, 6) is 5.35. The summed E-state index contributed by atoms with van der Waals surface area (Å²) < 4.78 is 0. The fourth-order valence-electron chi connectivity index (χ4n) is 0.940. The summed E-state index contributed by atoms with van der Waals surface area (Å²) in [4.78, 5) is 5.37. The molecule has 62 valence electrons. The van der Waals surface area contributed by atoms with Crippen LogP contribution in [-0.4, -0.2) is 4.98 Å². The Morgan fingerprint density at radius 2 is 2.55 bits per heavy atom. The van der Waals surface area contributed by atoms with Crippen molar-refractivity contribution in [2.24, 2.45) is 5.84 Å². The summed E-state index contributed by atoms with van der Waals surface area (Å²) in [5, 5.41) is 1.09. The number of hydrogen-bond acceptors (Lipinski definition) is 4. The molecule has 11 heavy (non-hydrogen) atoms. The fraction of sp³-hybridized carbons (Fsp3) is 0.571. The second kappa shape index (κ2) is 3.80. The Morgan fingerprint density at radius 1 is 1.82 bits per heavy atom. The van der Waals surface area contributed by atoms with Crippen molar-refractivity contribution in [3.8, 4) is 0 Å². The van der Waals surface area contributed by atoms with Crippen LogP contribution in [0.25, 0.3) is 0 Å². The van der Waals surface area contributed by atoms with Gasteiger partial charge in [-0.05, 0) is 13.3 Å². The van der Waals surface area contributed by atoms with E-state index >= 15 is 0 Å². The van der Waals surface area contributed by atoms with Crippen LogP contribution in [0.5, 0.6) is 0 Å². The highest BCUT2D eigenvalue weighted by molar-refractivity contribution is 7.11. The van der Waals surface area contributed by atoms with Crippen molar-refractivity contribution in [1.29, 1.82) is 0 Å². The van der Waals surface area contributed by atoms with E-state index in [1.165, 1.54) is 4.88 Å². The van der Waals surface area contributed by atoms with Gasteiger partial charge in [0, 0.05) is 11.1 Å². The zero-order valence-electron chi connectivity index (χ0n) is 6.79. The van der Waals surface area contributed by atoms with Gasteiger partial charge in [-0.25, -0.2) is 4.98 Å². The van der Waals surface area contributed by atoms with Gasteiger partial charge in [-0.2, -0.15) is 0 Å². The number of hydrogen-bond donors (Lipinski definition) is 2. The normalized spacial score (nSPS) is 13.4. The van der Waals surface area contributed by atoms with E-state index in [1.807, 2.05) is 13.1 Å². The fourth-order valence-corrected chi connectivity index (χ4v) is 1.87. The van der Waals surface area contributed by atoms with E-state index in [2.05, 4.69) is 17.3 Å². The highest BCUT2D eigenvalue weighted by atomic mass is 32.1. The number of nitrogens with one attached hydrogen (secondary N) is 1. The maximum atomic E-state index is 5.35. The Hall–Kier alpha value is -0.450. The highest BCUT2D eigenvalue weighted by Crippen LogP contribution is 2.21. The second-order valence-electron chi connectivity index (χ2n) is 2.41. The summed E-state index contributed by atoms with van der Waals surface area (Å²) in [6.45, 7) is 4.09. The molecule has 0 radical (unpaired) electrons. The Labute approximate surface area is 70.6 Å². The first-order chi connectivity index (χ1) is 5.27. The van der Waals surface area contributed by atoms with Crippen molar-refractivity contribution in [2.75, 3.05) is 0 Å². The van der Waals surface area contributed by atoms with Gasteiger partial charge in [0.05, 0.1) is 11.0 Å². The minimum absolute atomic E-state index is 0.265. The lowest BCUT2D eigenvalue weighted by atomic mass is 10.2. The number of hydrazine groups is 1. The van der Waals surface area contributed by atoms with Crippen LogP contribution in [0.1, 0.15) is 29.3 Å². The molecule has 0 aliphatic carbocycles. The van der Waals surface area contributed by atoms with Gasteiger partial charge in [-0.1, -0.05) is 6.92 Å². The van der Waals surface area contributed by atoms with Crippen molar-refractivity contribution >= 4 is 11.3 Å². The highest BCUT2D eigenvalue weighted by Gasteiger charge is 2.08. The van der Waals surface area contributed by atoms with Crippen molar-refractivity contribution < 1.29 is 0 Å². The molecule has 0 saturated carbocycles. The van der Waals surface area contributed by atoms with Crippen LogP contribution in [-0.2, 0) is 0 Å². The van der Waals surface area contributed by atoms with E-state index in [0.29, 0.717) is 0 Å². The minimum atomic E-state index is 0.265. The van der Waals surface area contributed by atoms with Crippen LogP contribution >= 0.6 is 11.3 Å². The van der Waals surface area contributed by atoms with Gasteiger partial charge in [0.1, 0.15) is 0 Å². The Bertz CT molecular complexity index is 217. The molecule has 0 amide bonds. The SMILES string of the molecule is CCC(NN)c1cnc(C)s1. The largest absolute Gasteiger partial charge is 0.271 e. The van der Waals surface area contributed by atoms with Crippen molar-refractivity contribution in [2.45, 2.75) is 26.3 Å². The molecule has 0 bridgehead atoms. The van der Waals surface area contributed by atoms with Crippen molar-refractivity contribution in [3.05, 3.63) is 16.1 Å². The first-order valence-electron chi connectivity index (χ1n) is 3.66. The lowest BCUT2D eigenvalue weighted by molar-refractivity contribution is 0.546. The van der Waals surface area contributed by atoms with E-state index in [-0.39, 0.29) is 6.04 Å². The van der Waals surface area contributed by atoms with Crippen LogP contribution in [0.4, 0.5) is 0 Å². The Kier molecular flexibility index (Phi) is 2.99. The van der Waals surface area contributed by atoms with Gasteiger partial charge >= 0.3 is 0 Å². The number of thiazole rings is 1. The topological polar surface area (TPSA) is 50.9 Å². The molecule has 0 aliphatic heterocycles. The monoisotopic (exact) mass is 171 g/mol. The third-order valence-corrected chi connectivity index (χ3v) is 2.62. The Morgan fingerprint density at radius 3 is 2.91 bits per heavy atom. The number of rotatable bonds is 3. The summed E-state index contributed by atoms with van der Waals surface area (Å²) in [7, 11) is 0. The van der Waals surface area contributed by atoms with Crippen LogP contribution in [0.15, 0.2) is 6.20 Å². The lowest BCUT2D eigenvalue weighted by Crippen LogP contribution is -2.26. The molecule has 0 fully saturated rings. The third kappa shape index (κ3) is 1.99. The van der Waals surface area contributed by atoms with Gasteiger partial charge in [0.15, 0.2) is 0 Å². The summed E-state index contributed by atoms with van der Waals surface area (Å²) in [5.41, 5.74) is 2.75. The summed E-state index contributed by atoms with van der Waals surface area (Å²) in [6.07, 6.45) is 2.88. The molecular weight excluding hydrogens is 158 g/mol. The van der Waals surface area contributed by atoms with E-state index in [4.69, 9.17) is 5.84 Å². The molecule has 1 rings (SSSR count). The van der Waals surface area contributed by atoms with Gasteiger partial charge in [0.2, 0.25) is 0 Å². The molecule has 4 heteroatoms. The number of nitrogens with two attached hydrogens (primary N) is 1. The zero-order valence-corrected chi connectivity index (χ0v) is 7.61. The predicted octanol–water partition coefficient (Wildman–Crippen LogP) is 1.37. The average Bonchev–Trinajstić information content (AvgIpc) is 2.39. The molecular formula is C7H13N3S.